The molecule has 2 atom stereocenters. The predicted octanol–water partition coefficient (Wildman–Crippen LogP) is 2.30. The van der Waals surface area contributed by atoms with Crippen molar-refractivity contribution in [1.29, 1.82) is 0 Å². The Morgan fingerprint density at radius 2 is 2.27 bits per heavy atom. The van der Waals surface area contributed by atoms with E-state index in [-0.39, 0.29) is 6.10 Å². The van der Waals surface area contributed by atoms with Gasteiger partial charge in [0, 0.05) is 5.56 Å². The van der Waals surface area contributed by atoms with Crippen LogP contribution in [0.5, 0.6) is 5.75 Å². The summed E-state index contributed by atoms with van der Waals surface area (Å²) in [6, 6.07) is 7.78. The van der Waals surface area contributed by atoms with E-state index in [4.69, 9.17) is 14.2 Å². The van der Waals surface area contributed by atoms with Crippen LogP contribution in [-0.4, -0.2) is 19.8 Å². The third-order valence-electron chi connectivity index (χ3n) is 2.61. The molecule has 0 aromatic heterocycles. The third kappa shape index (κ3) is 1.98. The zero-order valence-electron chi connectivity index (χ0n) is 9.32. The lowest BCUT2D eigenvalue weighted by atomic mass is 10.1. The lowest BCUT2D eigenvalue weighted by molar-refractivity contribution is -0.159. The summed E-state index contributed by atoms with van der Waals surface area (Å²) in [6.45, 7) is 4.57. The van der Waals surface area contributed by atoms with Crippen LogP contribution in [0, 0.1) is 0 Å². The topological polar surface area (TPSA) is 27.7 Å². The first-order chi connectivity index (χ1) is 7.14. The molecule has 1 aliphatic heterocycles. The van der Waals surface area contributed by atoms with Gasteiger partial charge in [-0.2, -0.15) is 0 Å². The Morgan fingerprint density at radius 1 is 1.47 bits per heavy atom. The summed E-state index contributed by atoms with van der Waals surface area (Å²) >= 11 is 0. The summed E-state index contributed by atoms with van der Waals surface area (Å²) in [5.41, 5.74) is 0.992. The van der Waals surface area contributed by atoms with E-state index in [1.165, 1.54) is 0 Å². The van der Waals surface area contributed by atoms with Gasteiger partial charge >= 0.3 is 0 Å². The number of hydrogen-bond donors (Lipinski definition) is 0. The monoisotopic (exact) mass is 208 g/mol. The van der Waals surface area contributed by atoms with Crippen LogP contribution >= 0.6 is 0 Å². The molecule has 0 amide bonds. The van der Waals surface area contributed by atoms with Gasteiger partial charge in [0.1, 0.15) is 5.75 Å². The Bertz CT molecular complexity index is 350. The predicted molar refractivity (Wildman–Crippen MR) is 56.8 cm³/mol. The molecule has 1 fully saturated rings. The molecule has 3 heteroatoms. The molecule has 0 spiro atoms. The number of hydrogen-bond acceptors (Lipinski definition) is 3. The Kier molecular flexibility index (Phi) is 2.67. The highest BCUT2D eigenvalue weighted by Crippen LogP contribution is 2.34. The Morgan fingerprint density at radius 3 is 2.87 bits per heavy atom. The summed E-state index contributed by atoms with van der Waals surface area (Å²) in [5, 5.41) is 0. The minimum absolute atomic E-state index is 0.140. The Hall–Kier alpha value is -1.06. The van der Waals surface area contributed by atoms with Crippen LogP contribution in [0.2, 0.25) is 0 Å². The molecule has 15 heavy (non-hydrogen) atoms. The van der Waals surface area contributed by atoms with Crippen LogP contribution in [0.25, 0.3) is 0 Å². The molecular formula is C12H16O3. The minimum atomic E-state index is -0.631. The Labute approximate surface area is 90.0 Å². The molecule has 2 unspecified atom stereocenters. The van der Waals surface area contributed by atoms with Crippen molar-refractivity contribution in [3.8, 4) is 5.75 Å². The van der Waals surface area contributed by atoms with E-state index in [0.29, 0.717) is 6.61 Å². The largest absolute Gasteiger partial charge is 0.497 e. The zero-order chi connectivity index (χ0) is 10.9. The molecule has 3 nitrogen and oxygen atoms in total. The quantitative estimate of drug-likeness (QED) is 0.746. The second-order valence-electron chi connectivity index (χ2n) is 3.92. The van der Waals surface area contributed by atoms with Gasteiger partial charge in [0.05, 0.1) is 19.8 Å². The van der Waals surface area contributed by atoms with Crippen LogP contribution in [0.15, 0.2) is 24.3 Å². The maximum absolute atomic E-state index is 5.76. The fraction of sp³-hybridized carbons (Fsp3) is 0.500. The first-order valence-corrected chi connectivity index (χ1v) is 5.10. The maximum Gasteiger partial charge on any atom is 0.192 e. The average molecular weight is 208 g/mol. The van der Waals surface area contributed by atoms with Crippen LogP contribution in [0.4, 0.5) is 0 Å². The van der Waals surface area contributed by atoms with Crippen molar-refractivity contribution < 1.29 is 14.2 Å². The molecule has 0 N–H and O–H groups in total. The van der Waals surface area contributed by atoms with E-state index in [1.54, 1.807) is 7.11 Å². The van der Waals surface area contributed by atoms with Crippen LogP contribution in [0.3, 0.4) is 0 Å². The molecule has 1 saturated heterocycles. The first-order valence-electron chi connectivity index (χ1n) is 5.10. The normalized spacial score (nSPS) is 30.5. The summed E-state index contributed by atoms with van der Waals surface area (Å²) in [5.74, 6) is 0.189. The second kappa shape index (κ2) is 3.83. The smallest absolute Gasteiger partial charge is 0.192 e. The van der Waals surface area contributed by atoms with E-state index in [1.807, 2.05) is 38.1 Å². The molecule has 0 bridgehead atoms. The van der Waals surface area contributed by atoms with E-state index in [0.717, 1.165) is 11.3 Å². The molecule has 1 aliphatic rings. The fourth-order valence-corrected chi connectivity index (χ4v) is 1.79. The average Bonchev–Trinajstić information content (AvgIpc) is 2.60. The highest BCUT2D eigenvalue weighted by Gasteiger charge is 2.37. The summed E-state index contributed by atoms with van der Waals surface area (Å²) in [6.07, 6.45) is 0.140. The first kappa shape index (κ1) is 10.5. The second-order valence-corrected chi connectivity index (χ2v) is 3.92. The van der Waals surface area contributed by atoms with Crippen molar-refractivity contribution in [2.75, 3.05) is 13.7 Å². The molecule has 82 valence electrons. The summed E-state index contributed by atoms with van der Waals surface area (Å²) in [7, 11) is 1.65. The van der Waals surface area contributed by atoms with Crippen molar-refractivity contribution in [1.82, 2.24) is 0 Å². The minimum Gasteiger partial charge on any atom is -0.497 e. The highest BCUT2D eigenvalue weighted by atomic mass is 16.7. The van der Waals surface area contributed by atoms with Crippen molar-refractivity contribution in [3.05, 3.63) is 29.8 Å². The van der Waals surface area contributed by atoms with Gasteiger partial charge in [0.15, 0.2) is 5.79 Å². The highest BCUT2D eigenvalue weighted by molar-refractivity contribution is 5.31. The van der Waals surface area contributed by atoms with E-state index in [9.17, 15) is 0 Å². The SMILES string of the molecule is COc1cccc(C2(C)OCC(C)O2)c1. The molecule has 0 saturated carbocycles. The number of benzene rings is 1. The van der Waals surface area contributed by atoms with Gasteiger partial charge in [0.2, 0.25) is 0 Å². The van der Waals surface area contributed by atoms with Crippen molar-refractivity contribution in [2.45, 2.75) is 25.7 Å². The molecule has 0 aliphatic carbocycles. The van der Waals surface area contributed by atoms with E-state index in [2.05, 4.69) is 0 Å². The number of rotatable bonds is 2. The van der Waals surface area contributed by atoms with Crippen molar-refractivity contribution in [3.63, 3.8) is 0 Å². The van der Waals surface area contributed by atoms with Gasteiger partial charge in [-0.25, -0.2) is 0 Å². The molecule has 1 aromatic carbocycles. The van der Waals surface area contributed by atoms with Gasteiger partial charge in [-0.05, 0) is 26.0 Å². The standard InChI is InChI=1S/C12H16O3/c1-9-8-14-12(2,15-9)10-5-4-6-11(7-10)13-3/h4-7,9H,8H2,1-3H3. The number of ether oxygens (including phenoxy) is 3. The number of methoxy groups -OCH3 is 1. The van der Waals surface area contributed by atoms with Gasteiger partial charge in [-0.15, -0.1) is 0 Å². The van der Waals surface area contributed by atoms with Gasteiger partial charge in [-0.1, -0.05) is 12.1 Å². The lowest BCUT2D eigenvalue weighted by Crippen LogP contribution is -2.23. The van der Waals surface area contributed by atoms with Crippen LogP contribution in [-0.2, 0) is 15.3 Å². The Balaban J connectivity index is 2.28. The van der Waals surface area contributed by atoms with Gasteiger partial charge in [-0.3, -0.25) is 0 Å². The molecule has 1 aromatic rings. The molecule has 2 rings (SSSR count). The van der Waals surface area contributed by atoms with Crippen LogP contribution in [0.1, 0.15) is 19.4 Å². The van der Waals surface area contributed by atoms with E-state index >= 15 is 0 Å². The summed E-state index contributed by atoms with van der Waals surface area (Å²) in [4.78, 5) is 0. The fourth-order valence-electron chi connectivity index (χ4n) is 1.79. The van der Waals surface area contributed by atoms with Gasteiger partial charge in [0.25, 0.3) is 0 Å². The van der Waals surface area contributed by atoms with Crippen molar-refractivity contribution in [2.24, 2.45) is 0 Å². The maximum atomic E-state index is 5.76. The van der Waals surface area contributed by atoms with E-state index < -0.39 is 5.79 Å². The third-order valence-corrected chi connectivity index (χ3v) is 2.61. The lowest BCUT2D eigenvalue weighted by Gasteiger charge is -2.23. The van der Waals surface area contributed by atoms with Crippen molar-refractivity contribution >= 4 is 0 Å². The summed E-state index contributed by atoms with van der Waals surface area (Å²) < 4.78 is 16.6. The molecule has 0 radical (unpaired) electrons. The molecule has 1 heterocycles. The zero-order valence-corrected chi connectivity index (χ0v) is 9.32. The van der Waals surface area contributed by atoms with Crippen LogP contribution < -0.4 is 4.74 Å². The van der Waals surface area contributed by atoms with Gasteiger partial charge < -0.3 is 14.2 Å². The molecular weight excluding hydrogens is 192 g/mol.